The van der Waals surface area contributed by atoms with Crippen LogP contribution in [0.1, 0.15) is 26.0 Å². The molecule has 1 aliphatic rings. The molecule has 1 aliphatic heterocycles. The zero-order valence-electron chi connectivity index (χ0n) is 13.2. The zero-order chi connectivity index (χ0) is 16.0. The van der Waals surface area contributed by atoms with Gasteiger partial charge in [-0.15, -0.1) is 0 Å². The van der Waals surface area contributed by atoms with Crippen molar-refractivity contribution in [1.29, 1.82) is 0 Å². The molecule has 1 aromatic carbocycles. The molecule has 0 N–H and O–H groups in total. The Morgan fingerprint density at radius 3 is 2.41 bits per heavy atom. The van der Waals surface area contributed by atoms with E-state index in [2.05, 4.69) is 9.88 Å². The van der Waals surface area contributed by atoms with Crippen molar-refractivity contribution < 1.29 is 8.42 Å². The first kappa shape index (κ1) is 15.2. The van der Waals surface area contributed by atoms with Gasteiger partial charge in [0.05, 0.1) is 27.2 Å². The van der Waals surface area contributed by atoms with Gasteiger partial charge in [-0.05, 0) is 39.3 Å². The molecule has 1 saturated heterocycles. The number of hydrogen-bond donors (Lipinski definition) is 0. The fourth-order valence-corrected chi connectivity index (χ4v) is 4.18. The SMILES string of the molecule is Cc1nc2ccccc2nc1N1CCC(C)(C)S(=O)(=O)CC1. The second-order valence-corrected chi connectivity index (χ2v) is 9.18. The molecule has 0 radical (unpaired) electrons. The van der Waals surface area contributed by atoms with Gasteiger partial charge in [0, 0.05) is 13.1 Å². The summed E-state index contributed by atoms with van der Waals surface area (Å²) in [5.41, 5.74) is 2.55. The zero-order valence-corrected chi connectivity index (χ0v) is 14.0. The predicted octanol–water partition coefficient (Wildman–Crippen LogP) is 2.34. The minimum Gasteiger partial charge on any atom is -0.354 e. The molecule has 22 heavy (non-hydrogen) atoms. The van der Waals surface area contributed by atoms with Crippen LogP contribution in [0.4, 0.5) is 5.82 Å². The fourth-order valence-electron chi connectivity index (χ4n) is 2.77. The Bertz CT molecular complexity index is 815. The van der Waals surface area contributed by atoms with E-state index in [1.165, 1.54) is 0 Å². The Labute approximate surface area is 131 Å². The summed E-state index contributed by atoms with van der Waals surface area (Å²) >= 11 is 0. The van der Waals surface area contributed by atoms with E-state index in [1.54, 1.807) is 0 Å². The summed E-state index contributed by atoms with van der Waals surface area (Å²) in [4.78, 5) is 11.4. The maximum Gasteiger partial charge on any atom is 0.157 e. The minimum atomic E-state index is -3.08. The summed E-state index contributed by atoms with van der Waals surface area (Å²) < 4.78 is 24.0. The third kappa shape index (κ3) is 2.56. The van der Waals surface area contributed by atoms with Gasteiger partial charge in [0.25, 0.3) is 0 Å². The highest BCUT2D eigenvalue weighted by Crippen LogP contribution is 2.28. The highest BCUT2D eigenvalue weighted by molar-refractivity contribution is 7.92. The third-order valence-corrected chi connectivity index (χ3v) is 7.08. The van der Waals surface area contributed by atoms with Gasteiger partial charge in [-0.3, -0.25) is 0 Å². The molecule has 0 aliphatic carbocycles. The normalized spacial score (nSPS) is 20.8. The average Bonchev–Trinajstić information content (AvgIpc) is 2.56. The Morgan fingerprint density at radius 2 is 1.73 bits per heavy atom. The number of anilines is 1. The van der Waals surface area contributed by atoms with Gasteiger partial charge >= 0.3 is 0 Å². The van der Waals surface area contributed by atoms with Crippen LogP contribution < -0.4 is 4.90 Å². The van der Waals surface area contributed by atoms with Crippen molar-refractivity contribution in [3.05, 3.63) is 30.0 Å². The van der Waals surface area contributed by atoms with E-state index < -0.39 is 14.6 Å². The van der Waals surface area contributed by atoms with Crippen LogP contribution in [-0.2, 0) is 9.84 Å². The maximum atomic E-state index is 12.3. The minimum absolute atomic E-state index is 0.161. The van der Waals surface area contributed by atoms with Crippen molar-refractivity contribution in [2.75, 3.05) is 23.7 Å². The van der Waals surface area contributed by atoms with E-state index in [0.717, 1.165) is 22.5 Å². The van der Waals surface area contributed by atoms with E-state index in [1.807, 2.05) is 45.0 Å². The molecule has 2 heterocycles. The molecule has 0 saturated carbocycles. The van der Waals surface area contributed by atoms with E-state index in [-0.39, 0.29) is 5.75 Å². The molecule has 2 aromatic rings. The van der Waals surface area contributed by atoms with Gasteiger partial charge in [-0.1, -0.05) is 12.1 Å². The van der Waals surface area contributed by atoms with E-state index in [4.69, 9.17) is 4.98 Å². The Morgan fingerprint density at radius 1 is 1.09 bits per heavy atom. The van der Waals surface area contributed by atoms with Gasteiger partial charge in [0.2, 0.25) is 0 Å². The number of fused-ring (bicyclic) bond motifs is 1. The monoisotopic (exact) mass is 319 g/mol. The summed E-state index contributed by atoms with van der Waals surface area (Å²) in [6.07, 6.45) is 0.600. The van der Waals surface area contributed by atoms with Crippen molar-refractivity contribution in [2.45, 2.75) is 31.9 Å². The van der Waals surface area contributed by atoms with Crippen molar-refractivity contribution >= 4 is 26.7 Å². The molecule has 0 atom stereocenters. The fraction of sp³-hybridized carbons (Fsp3) is 0.500. The molecule has 5 nitrogen and oxygen atoms in total. The topological polar surface area (TPSA) is 63.2 Å². The molecular weight excluding hydrogens is 298 g/mol. The van der Waals surface area contributed by atoms with Crippen LogP contribution >= 0.6 is 0 Å². The van der Waals surface area contributed by atoms with Gasteiger partial charge in [0.15, 0.2) is 15.7 Å². The largest absolute Gasteiger partial charge is 0.354 e. The van der Waals surface area contributed by atoms with Gasteiger partial charge in [-0.25, -0.2) is 18.4 Å². The molecule has 0 spiro atoms. The number of sulfone groups is 1. The molecule has 0 unspecified atom stereocenters. The summed E-state index contributed by atoms with van der Waals surface area (Å²) in [5.74, 6) is 0.958. The number of nitrogens with zero attached hydrogens (tertiary/aromatic N) is 3. The first-order valence-corrected chi connectivity index (χ1v) is 9.16. The lowest BCUT2D eigenvalue weighted by atomic mass is 10.1. The Hall–Kier alpha value is -1.69. The summed E-state index contributed by atoms with van der Waals surface area (Å²) in [5, 5.41) is 0. The summed E-state index contributed by atoms with van der Waals surface area (Å²) in [7, 11) is -3.08. The van der Waals surface area contributed by atoms with Crippen LogP contribution in [0.25, 0.3) is 11.0 Å². The van der Waals surface area contributed by atoms with E-state index >= 15 is 0 Å². The molecule has 1 aromatic heterocycles. The number of benzene rings is 1. The van der Waals surface area contributed by atoms with Crippen molar-refractivity contribution in [3.63, 3.8) is 0 Å². The number of rotatable bonds is 1. The molecule has 118 valence electrons. The number of hydrogen-bond acceptors (Lipinski definition) is 5. The quantitative estimate of drug-likeness (QED) is 0.807. The van der Waals surface area contributed by atoms with Crippen LogP contribution in [0.3, 0.4) is 0 Å². The highest BCUT2D eigenvalue weighted by Gasteiger charge is 2.37. The molecule has 0 bridgehead atoms. The molecule has 6 heteroatoms. The molecule has 0 amide bonds. The van der Waals surface area contributed by atoms with Crippen LogP contribution in [0.5, 0.6) is 0 Å². The lowest BCUT2D eigenvalue weighted by Gasteiger charge is -2.24. The first-order valence-electron chi connectivity index (χ1n) is 7.51. The summed E-state index contributed by atoms with van der Waals surface area (Å²) in [6, 6.07) is 7.75. The van der Waals surface area contributed by atoms with Gasteiger partial charge in [0.1, 0.15) is 0 Å². The number of para-hydroxylation sites is 2. The summed E-state index contributed by atoms with van der Waals surface area (Å²) in [6.45, 7) is 6.70. The van der Waals surface area contributed by atoms with Crippen LogP contribution in [0.2, 0.25) is 0 Å². The molecule has 1 fully saturated rings. The second-order valence-electron chi connectivity index (χ2n) is 6.44. The third-order valence-electron chi connectivity index (χ3n) is 4.48. The van der Waals surface area contributed by atoms with Gasteiger partial charge in [-0.2, -0.15) is 0 Å². The van der Waals surface area contributed by atoms with Crippen molar-refractivity contribution in [2.24, 2.45) is 0 Å². The predicted molar refractivity (Wildman–Crippen MR) is 89.0 cm³/mol. The number of aromatic nitrogens is 2. The lowest BCUT2D eigenvalue weighted by Crippen LogP contribution is -2.33. The Kier molecular flexibility index (Phi) is 3.59. The maximum absolute atomic E-state index is 12.3. The second kappa shape index (κ2) is 5.19. The van der Waals surface area contributed by atoms with E-state index in [9.17, 15) is 8.42 Å². The first-order chi connectivity index (χ1) is 10.3. The van der Waals surface area contributed by atoms with Crippen molar-refractivity contribution in [3.8, 4) is 0 Å². The van der Waals surface area contributed by atoms with E-state index in [0.29, 0.717) is 19.5 Å². The average molecular weight is 319 g/mol. The Balaban J connectivity index is 2.00. The standard InChI is InChI=1S/C16H21N3O2S/c1-12-15(18-14-7-5-4-6-13(14)17-12)19-9-8-16(2,3)22(20,21)11-10-19/h4-7H,8-11H2,1-3H3. The van der Waals surface area contributed by atoms with Crippen LogP contribution in [0.15, 0.2) is 24.3 Å². The van der Waals surface area contributed by atoms with Gasteiger partial charge < -0.3 is 4.90 Å². The molecule has 3 rings (SSSR count). The molecular formula is C16H21N3O2S. The number of aryl methyl sites for hydroxylation is 1. The smallest absolute Gasteiger partial charge is 0.157 e. The lowest BCUT2D eigenvalue weighted by molar-refractivity contribution is 0.538. The van der Waals surface area contributed by atoms with Crippen LogP contribution in [-0.4, -0.2) is 42.0 Å². The van der Waals surface area contributed by atoms with Crippen LogP contribution in [0, 0.1) is 6.92 Å². The highest BCUT2D eigenvalue weighted by atomic mass is 32.2. The van der Waals surface area contributed by atoms with Crippen molar-refractivity contribution in [1.82, 2.24) is 9.97 Å².